The zero-order valence-electron chi connectivity index (χ0n) is 12.3. The SMILES string of the molecule is CN(CC(=O)Nc1ccc(N)cc1Br)CC1CCOCC1. The second-order valence-electron chi connectivity index (χ2n) is 5.54. The largest absolute Gasteiger partial charge is 0.399 e. The third-order valence-electron chi connectivity index (χ3n) is 3.59. The van der Waals surface area contributed by atoms with Crippen molar-refractivity contribution >= 4 is 33.2 Å². The number of nitrogens with two attached hydrogens (primary N) is 1. The molecule has 1 heterocycles. The molecule has 2 rings (SSSR count). The molecular formula is C15H22BrN3O2. The number of amides is 1. The van der Waals surface area contributed by atoms with Crippen LogP contribution in [0.4, 0.5) is 11.4 Å². The smallest absolute Gasteiger partial charge is 0.238 e. The highest BCUT2D eigenvalue weighted by molar-refractivity contribution is 9.10. The summed E-state index contributed by atoms with van der Waals surface area (Å²) in [7, 11) is 1.98. The molecule has 0 bridgehead atoms. The summed E-state index contributed by atoms with van der Waals surface area (Å²) in [5, 5.41) is 2.90. The van der Waals surface area contributed by atoms with Crippen LogP contribution in [-0.2, 0) is 9.53 Å². The van der Waals surface area contributed by atoms with E-state index in [0.717, 1.165) is 42.8 Å². The van der Waals surface area contributed by atoms with E-state index < -0.39 is 0 Å². The molecule has 1 aromatic carbocycles. The molecule has 1 aliphatic heterocycles. The highest BCUT2D eigenvalue weighted by atomic mass is 79.9. The van der Waals surface area contributed by atoms with Crippen LogP contribution in [0.25, 0.3) is 0 Å². The van der Waals surface area contributed by atoms with Crippen molar-refractivity contribution in [3.05, 3.63) is 22.7 Å². The third-order valence-corrected chi connectivity index (χ3v) is 4.25. The van der Waals surface area contributed by atoms with Gasteiger partial charge in [-0.3, -0.25) is 9.69 Å². The molecule has 3 N–H and O–H groups in total. The Morgan fingerprint density at radius 1 is 1.48 bits per heavy atom. The topological polar surface area (TPSA) is 67.6 Å². The van der Waals surface area contributed by atoms with Gasteiger partial charge >= 0.3 is 0 Å². The van der Waals surface area contributed by atoms with Crippen molar-refractivity contribution in [3.8, 4) is 0 Å². The van der Waals surface area contributed by atoms with Crippen molar-refractivity contribution in [2.45, 2.75) is 12.8 Å². The molecule has 6 heteroatoms. The summed E-state index contributed by atoms with van der Waals surface area (Å²) in [6, 6.07) is 5.35. The van der Waals surface area contributed by atoms with E-state index in [9.17, 15) is 4.79 Å². The van der Waals surface area contributed by atoms with Crippen LogP contribution in [-0.4, -0.2) is 44.2 Å². The highest BCUT2D eigenvalue weighted by Gasteiger charge is 2.17. The minimum atomic E-state index is -0.0185. The Hall–Kier alpha value is -1.11. The van der Waals surface area contributed by atoms with Crippen LogP contribution in [0.1, 0.15) is 12.8 Å². The lowest BCUT2D eigenvalue weighted by molar-refractivity contribution is -0.117. The average Bonchev–Trinajstić information content (AvgIpc) is 2.43. The molecule has 1 amide bonds. The monoisotopic (exact) mass is 355 g/mol. The van der Waals surface area contributed by atoms with Gasteiger partial charge in [-0.15, -0.1) is 0 Å². The summed E-state index contributed by atoms with van der Waals surface area (Å²) >= 11 is 3.40. The first-order valence-electron chi connectivity index (χ1n) is 7.16. The Morgan fingerprint density at radius 2 is 2.19 bits per heavy atom. The molecule has 0 radical (unpaired) electrons. The number of nitrogens with zero attached hydrogens (tertiary/aromatic N) is 1. The van der Waals surface area contributed by atoms with E-state index in [1.807, 2.05) is 7.05 Å². The molecule has 0 aromatic heterocycles. The summed E-state index contributed by atoms with van der Waals surface area (Å²) in [5.41, 5.74) is 7.09. The van der Waals surface area contributed by atoms with Crippen LogP contribution in [0.15, 0.2) is 22.7 Å². The normalized spacial score (nSPS) is 16.1. The van der Waals surface area contributed by atoms with Gasteiger partial charge in [-0.1, -0.05) is 0 Å². The van der Waals surface area contributed by atoms with Crippen molar-refractivity contribution in [3.63, 3.8) is 0 Å². The van der Waals surface area contributed by atoms with Crippen LogP contribution in [0.2, 0.25) is 0 Å². The van der Waals surface area contributed by atoms with Gasteiger partial charge in [-0.05, 0) is 59.9 Å². The first kappa shape index (κ1) is 16.3. The number of nitrogen functional groups attached to an aromatic ring is 1. The van der Waals surface area contributed by atoms with Gasteiger partial charge in [0.1, 0.15) is 0 Å². The number of hydrogen-bond donors (Lipinski definition) is 2. The molecule has 0 aliphatic carbocycles. The van der Waals surface area contributed by atoms with Crippen molar-refractivity contribution in [2.75, 3.05) is 44.4 Å². The maximum absolute atomic E-state index is 12.1. The Balaban J connectivity index is 1.80. The number of benzene rings is 1. The van der Waals surface area contributed by atoms with Crippen LogP contribution in [0, 0.1) is 5.92 Å². The molecule has 116 valence electrons. The summed E-state index contributed by atoms with van der Waals surface area (Å²) in [5.74, 6) is 0.606. The van der Waals surface area contributed by atoms with Crippen LogP contribution in [0.5, 0.6) is 0 Å². The summed E-state index contributed by atoms with van der Waals surface area (Å²) < 4.78 is 6.15. The molecule has 1 saturated heterocycles. The molecular weight excluding hydrogens is 334 g/mol. The molecule has 21 heavy (non-hydrogen) atoms. The standard InChI is InChI=1S/C15H22BrN3O2/c1-19(9-11-4-6-21-7-5-11)10-15(20)18-14-3-2-12(17)8-13(14)16/h2-3,8,11H,4-7,9-10,17H2,1H3,(H,18,20). The zero-order chi connectivity index (χ0) is 15.2. The van der Waals surface area contributed by atoms with Gasteiger partial charge in [0.15, 0.2) is 0 Å². The van der Waals surface area contributed by atoms with Crippen LogP contribution >= 0.6 is 15.9 Å². The number of carbonyl (C=O) groups excluding carboxylic acids is 1. The Bertz CT molecular complexity index is 490. The maximum Gasteiger partial charge on any atom is 0.238 e. The van der Waals surface area contributed by atoms with Crippen LogP contribution in [0.3, 0.4) is 0 Å². The van der Waals surface area contributed by atoms with E-state index in [4.69, 9.17) is 10.5 Å². The lowest BCUT2D eigenvalue weighted by Crippen LogP contribution is -2.35. The van der Waals surface area contributed by atoms with Crippen LogP contribution < -0.4 is 11.1 Å². The molecule has 0 atom stereocenters. The maximum atomic E-state index is 12.1. The fourth-order valence-electron chi connectivity index (χ4n) is 2.50. The fraction of sp³-hybridized carbons (Fsp3) is 0.533. The number of nitrogens with one attached hydrogen (secondary N) is 1. The first-order valence-corrected chi connectivity index (χ1v) is 7.95. The number of halogens is 1. The van der Waals surface area contributed by atoms with E-state index in [0.29, 0.717) is 18.2 Å². The quantitative estimate of drug-likeness (QED) is 0.795. The molecule has 0 saturated carbocycles. The van der Waals surface area contributed by atoms with Crippen molar-refractivity contribution in [1.29, 1.82) is 0 Å². The predicted octanol–water partition coefficient (Wildman–Crippen LogP) is 2.33. The molecule has 0 unspecified atom stereocenters. The van der Waals surface area contributed by atoms with E-state index in [2.05, 4.69) is 26.1 Å². The Morgan fingerprint density at radius 3 is 2.86 bits per heavy atom. The minimum absolute atomic E-state index is 0.0185. The lowest BCUT2D eigenvalue weighted by atomic mass is 10.00. The second-order valence-corrected chi connectivity index (χ2v) is 6.39. The second kappa shape index (κ2) is 7.77. The number of ether oxygens (including phenoxy) is 1. The van der Waals surface area contributed by atoms with E-state index in [1.54, 1.807) is 18.2 Å². The van der Waals surface area contributed by atoms with Crippen molar-refractivity contribution < 1.29 is 9.53 Å². The lowest BCUT2D eigenvalue weighted by Gasteiger charge is -2.26. The van der Waals surface area contributed by atoms with Gasteiger partial charge < -0.3 is 15.8 Å². The Kier molecular flexibility index (Phi) is 6.02. The number of rotatable bonds is 5. The molecule has 1 aromatic rings. The van der Waals surface area contributed by atoms with Gasteiger partial charge in [0.25, 0.3) is 0 Å². The minimum Gasteiger partial charge on any atom is -0.399 e. The number of hydrogen-bond acceptors (Lipinski definition) is 4. The number of likely N-dealkylation sites (N-methyl/N-ethyl adjacent to an activating group) is 1. The fourth-order valence-corrected chi connectivity index (χ4v) is 3.00. The first-order chi connectivity index (χ1) is 10.0. The van der Waals surface area contributed by atoms with Crippen molar-refractivity contribution in [2.24, 2.45) is 5.92 Å². The number of anilines is 2. The van der Waals surface area contributed by atoms with Crippen molar-refractivity contribution in [1.82, 2.24) is 4.90 Å². The molecule has 0 spiro atoms. The summed E-state index contributed by atoms with van der Waals surface area (Å²) in [4.78, 5) is 14.1. The Labute approximate surface area is 134 Å². The van der Waals surface area contributed by atoms with Gasteiger partial charge in [0.05, 0.1) is 12.2 Å². The zero-order valence-corrected chi connectivity index (χ0v) is 13.9. The molecule has 1 fully saturated rings. The summed E-state index contributed by atoms with van der Waals surface area (Å²) in [6.45, 7) is 2.99. The van der Waals surface area contributed by atoms with Gasteiger partial charge in [-0.2, -0.15) is 0 Å². The third kappa shape index (κ3) is 5.30. The van der Waals surface area contributed by atoms with E-state index in [-0.39, 0.29) is 5.91 Å². The summed E-state index contributed by atoms with van der Waals surface area (Å²) in [6.07, 6.45) is 2.16. The van der Waals surface area contributed by atoms with Gasteiger partial charge in [0, 0.05) is 29.9 Å². The number of carbonyl (C=O) groups is 1. The molecule has 1 aliphatic rings. The van der Waals surface area contributed by atoms with Gasteiger partial charge in [-0.25, -0.2) is 0 Å². The van der Waals surface area contributed by atoms with Gasteiger partial charge in [0.2, 0.25) is 5.91 Å². The predicted molar refractivity (Wildman–Crippen MR) is 88.2 cm³/mol. The highest BCUT2D eigenvalue weighted by Crippen LogP contribution is 2.24. The molecule has 5 nitrogen and oxygen atoms in total. The van der Waals surface area contributed by atoms with E-state index >= 15 is 0 Å². The van der Waals surface area contributed by atoms with E-state index in [1.165, 1.54) is 0 Å². The average molecular weight is 356 g/mol.